The Bertz CT molecular complexity index is 910. The fraction of sp³-hybridized carbons (Fsp3) is 0.333. The maximum atomic E-state index is 12.1. The van der Waals surface area contributed by atoms with Crippen LogP contribution >= 0.6 is 23.5 Å². The van der Waals surface area contributed by atoms with Crippen LogP contribution in [0, 0.1) is 0 Å². The molecule has 0 bridgehead atoms. The Hall–Kier alpha value is -2.26. The van der Waals surface area contributed by atoms with Gasteiger partial charge < -0.3 is 15.0 Å². The number of H-pyrrole nitrogens is 1. The summed E-state index contributed by atoms with van der Waals surface area (Å²) >= 11 is 2.83. The molecule has 0 fully saturated rings. The maximum absolute atomic E-state index is 12.1. The van der Waals surface area contributed by atoms with E-state index in [9.17, 15) is 14.4 Å². The Kier molecular flexibility index (Phi) is 6.22. The molecule has 1 aromatic carbocycles. The summed E-state index contributed by atoms with van der Waals surface area (Å²) in [6.07, 6.45) is -0.188. The third kappa shape index (κ3) is 5.14. The van der Waals surface area contributed by atoms with Crippen LogP contribution in [-0.2, 0) is 21.0 Å². The average molecular weight is 406 g/mol. The van der Waals surface area contributed by atoms with Gasteiger partial charge in [-0.3, -0.25) is 9.59 Å². The molecule has 0 unspecified atom stereocenters. The van der Waals surface area contributed by atoms with E-state index in [0.717, 1.165) is 17.0 Å². The fourth-order valence-electron chi connectivity index (χ4n) is 2.41. The average Bonchev–Trinajstić information content (AvgIpc) is 3.09. The number of rotatable bonds is 6. The third-order valence-corrected chi connectivity index (χ3v) is 5.50. The molecule has 2 N–H and O–H groups in total. The van der Waals surface area contributed by atoms with Crippen LogP contribution in [-0.4, -0.2) is 33.7 Å². The molecule has 0 spiro atoms. The van der Waals surface area contributed by atoms with E-state index in [1.807, 2.05) is 0 Å². The molecule has 2 aromatic rings. The number of amides is 1. The van der Waals surface area contributed by atoms with Crippen LogP contribution in [0.4, 0.5) is 5.69 Å². The van der Waals surface area contributed by atoms with E-state index < -0.39 is 5.97 Å². The van der Waals surface area contributed by atoms with Crippen LogP contribution in [0.5, 0.6) is 0 Å². The molecule has 9 heteroatoms. The van der Waals surface area contributed by atoms with Crippen LogP contribution in [0.1, 0.15) is 35.5 Å². The standard InChI is InChI=1S/C18H19N3O4S2/c1-10(2)25-17(24)11-3-5-12(6-4-11)19-15(22)9-27-18-20-14-8-26-7-13(14)16(23)21-18/h3-6,10H,7-9H2,1-2H3,(H,19,22)(H,20,21,23). The zero-order chi connectivity index (χ0) is 19.4. The number of anilines is 1. The normalized spacial score (nSPS) is 12.7. The lowest BCUT2D eigenvalue weighted by Crippen LogP contribution is -2.17. The molecule has 0 atom stereocenters. The Balaban J connectivity index is 1.54. The van der Waals surface area contributed by atoms with E-state index in [1.165, 1.54) is 11.8 Å². The Morgan fingerprint density at radius 3 is 2.74 bits per heavy atom. The van der Waals surface area contributed by atoms with E-state index in [4.69, 9.17) is 4.74 Å². The SMILES string of the molecule is CC(C)OC(=O)c1ccc(NC(=O)CSc2nc3c(c(=O)[nH]2)CSC3)cc1. The minimum absolute atomic E-state index is 0.117. The van der Waals surface area contributed by atoms with Crippen molar-refractivity contribution in [3.63, 3.8) is 0 Å². The van der Waals surface area contributed by atoms with E-state index >= 15 is 0 Å². The molecular weight excluding hydrogens is 386 g/mol. The molecule has 0 aliphatic carbocycles. The smallest absolute Gasteiger partial charge is 0.338 e. The van der Waals surface area contributed by atoms with Crippen molar-refractivity contribution >= 4 is 41.1 Å². The molecule has 1 aliphatic rings. The number of aromatic nitrogens is 2. The van der Waals surface area contributed by atoms with Crippen molar-refractivity contribution in [2.24, 2.45) is 0 Å². The van der Waals surface area contributed by atoms with Crippen LogP contribution in [0.15, 0.2) is 34.2 Å². The van der Waals surface area contributed by atoms with Crippen molar-refractivity contribution in [3.8, 4) is 0 Å². The van der Waals surface area contributed by atoms with Gasteiger partial charge in [0.15, 0.2) is 5.16 Å². The minimum atomic E-state index is -0.400. The number of benzene rings is 1. The number of ether oxygens (including phenoxy) is 1. The summed E-state index contributed by atoms with van der Waals surface area (Å²) in [5.74, 6) is 0.902. The van der Waals surface area contributed by atoms with Gasteiger partial charge in [-0.25, -0.2) is 9.78 Å². The lowest BCUT2D eigenvalue weighted by Gasteiger charge is -2.09. The first kappa shape index (κ1) is 19.5. The highest BCUT2D eigenvalue weighted by atomic mass is 32.2. The summed E-state index contributed by atoms with van der Waals surface area (Å²) in [7, 11) is 0. The first-order chi connectivity index (χ1) is 12.9. The predicted octanol–water partition coefficient (Wildman–Crippen LogP) is 2.81. The van der Waals surface area contributed by atoms with E-state index in [1.54, 1.807) is 49.9 Å². The number of aromatic amines is 1. The van der Waals surface area contributed by atoms with Crippen molar-refractivity contribution in [2.75, 3.05) is 11.1 Å². The second-order valence-electron chi connectivity index (χ2n) is 6.16. The Morgan fingerprint density at radius 2 is 2.04 bits per heavy atom. The van der Waals surface area contributed by atoms with Gasteiger partial charge in [-0.2, -0.15) is 11.8 Å². The van der Waals surface area contributed by atoms with Crippen LogP contribution in [0.25, 0.3) is 0 Å². The molecular formula is C18H19N3O4S2. The summed E-state index contributed by atoms with van der Waals surface area (Å²) in [5.41, 5.74) is 2.40. The van der Waals surface area contributed by atoms with Crippen LogP contribution in [0.3, 0.4) is 0 Å². The number of nitrogens with one attached hydrogen (secondary N) is 2. The quantitative estimate of drug-likeness (QED) is 0.433. The number of esters is 1. The maximum Gasteiger partial charge on any atom is 0.338 e. The van der Waals surface area contributed by atoms with Gasteiger partial charge in [0.05, 0.1) is 23.1 Å². The third-order valence-electron chi connectivity index (χ3n) is 3.65. The van der Waals surface area contributed by atoms with E-state index in [-0.39, 0.29) is 23.3 Å². The number of carbonyl (C=O) groups excluding carboxylic acids is 2. The number of fused-ring (bicyclic) bond motifs is 1. The number of nitrogens with zero attached hydrogens (tertiary/aromatic N) is 1. The number of thioether (sulfide) groups is 2. The molecule has 1 amide bonds. The summed E-state index contributed by atoms with van der Waals surface area (Å²) in [6.45, 7) is 3.57. The number of hydrogen-bond acceptors (Lipinski definition) is 7. The fourth-order valence-corrected chi connectivity index (χ4v) is 4.13. The van der Waals surface area contributed by atoms with Gasteiger partial charge in [-0.15, -0.1) is 0 Å². The van der Waals surface area contributed by atoms with Gasteiger partial charge >= 0.3 is 5.97 Å². The molecule has 1 aliphatic heterocycles. The second-order valence-corrected chi connectivity index (χ2v) is 8.11. The first-order valence-electron chi connectivity index (χ1n) is 8.36. The number of hydrogen-bond donors (Lipinski definition) is 2. The topological polar surface area (TPSA) is 101 Å². The largest absolute Gasteiger partial charge is 0.459 e. The highest BCUT2D eigenvalue weighted by Gasteiger charge is 2.18. The van der Waals surface area contributed by atoms with Crippen molar-refractivity contribution < 1.29 is 14.3 Å². The van der Waals surface area contributed by atoms with Gasteiger partial charge in [0, 0.05) is 22.8 Å². The summed E-state index contributed by atoms with van der Waals surface area (Å²) < 4.78 is 5.12. The molecule has 0 radical (unpaired) electrons. The lowest BCUT2D eigenvalue weighted by molar-refractivity contribution is -0.113. The first-order valence-corrected chi connectivity index (χ1v) is 10.5. The van der Waals surface area contributed by atoms with E-state index in [0.29, 0.717) is 22.2 Å². The summed E-state index contributed by atoms with van der Waals surface area (Å²) in [6, 6.07) is 6.49. The second kappa shape index (κ2) is 8.62. The van der Waals surface area contributed by atoms with Crippen molar-refractivity contribution in [1.82, 2.24) is 9.97 Å². The number of carbonyl (C=O) groups is 2. The predicted molar refractivity (Wildman–Crippen MR) is 106 cm³/mol. The monoisotopic (exact) mass is 405 g/mol. The molecule has 142 valence electrons. The zero-order valence-corrected chi connectivity index (χ0v) is 16.5. The highest BCUT2D eigenvalue weighted by Crippen LogP contribution is 2.26. The summed E-state index contributed by atoms with van der Waals surface area (Å²) in [5, 5.41) is 3.20. The van der Waals surface area contributed by atoms with Gasteiger partial charge in [-0.05, 0) is 38.1 Å². The van der Waals surface area contributed by atoms with E-state index in [2.05, 4.69) is 15.3 Å². The van der Waals surface area contributed by atoms with Crippen LogP contribution in [0.2, 0.25) is 0 Å². The molecule has 3 rings (SSSR count). The van der Waals surface area contributed by atoms with Gasteiger partial charge in [0.25, 0.3) is 5.56 Å². The van der Waals surface area contributed by atoms with Gasteiger partial charge in [0.1, 0.15) is 0 Å². The zero-order valence-electron chi connectivity index (χ0n) is 14.9. The Morgan fingerprint density at radius 1 is 1.30 bits per heavy atom. The van der Waals surface area contributed by atoms with Crippen molar-refractivity contribution in [1.29, 1.82) is 0 Å². The molecule has 7 nitrogen and oxygen atoms in total. The highest BCUT2D eigenvalue weighted by molar-refractivity contribution is 7.99. The molecule has 0 saturated carbocycles. The molecule has 1 aromatic heterocycles. The van der Waals surface area contributed by atoms with Gasteiger partial charge in [-0.1, -0.05) is 11.8 Å². The Labute approximate surface area is 164 Å². The van der Waals surface area contributed by atoms with Crippen molar-refractivity contribution in [3.05, 3.63) is 51.4 Å². The van der Waals surface area contributed by atoms with Crippen LogP contribution < -0.4 is 10.9 Å². The molecule has 0 saturated heterocycles. The van der Waals surface area contributed by atoms with Crippen molar-refractivity contribution in [2.45, 2.75) is 36.6 Å². The summed E-state index contributed by atoms with van der Waals surface area (Å²) in [4.78, 5) is 43.0. The lowest BCUT2D eigenvalue weighted by atomic mass is 10.2. The van der Waals surface area contributed by atoms with Gasteiger partial charge in [0.2, 0.25) is 5.91 Å². The molecule has 2 heterocycles. The molecule has 27 heavy (non-hydrogen) atoms. The minimum Gasteiger partial charge on any atom is -0.459 e.